The van der Waals surface area contributed by atoms with Crippen LogP contribution >= 0.6 is 7.82 Å². The maximum absolute atomic E-state index is 12.6. The molecule has 0 aromatic carbocycles. The molecule has 0 aliphatic rings. The number of hydrogen-bond donors (Lipinski definition) is 0. The number of hydrogen-bond acceptors (Lipinski definition) is 8. The van der Waals surface area contributed by atoms with E-state index in [2.05, 4.69) is 0 Å². The van der Waals surface area contributed by atoms with Gasteiger partial charge in [0.1, 0.15) is 0 Å². The Morgan fingerprint density at radius 1 is 0.957 bits per heavy atom. The third-order valence-electron chi connectivity index (χ3n) is 3.18. The van der Waals surface area contributed by atoms with E-state index in [1.54, 1.807) is 27.7 Å². The van der Waals surface area contributed by atoms with E-state index in [-0.39, 0.29) is 18.8 Å². The van der Waals surface area contributed by atoms with Gasteiger partial charge >= 0.3 is 19.8 Å². The molecule has 0 radical (unpaired) electrons. The van der Waals surface area contributed by atoms with Gasteiger partial charge in [-0.15, -0.1) is 0 Å². The Balaban J connectivity index is 4.79. The molecule has 0 aromatic rings. The van der Waals surface area contributed by atoms with E-state index in [9.17, 15) is 14.2 Å². The lowest BCUT2D eigenvalue weighted by Gasteiger charge is -2.32. The highest BCUT2D eigenvalue weighted by Gasteiger charge is 2.38. The Morgan fingerprint density at radius 3 is 1.65 bits per heavy atom. The minimum atomic E-state index is -4.08. The van der Waals surface area contributed by atoms with Crippen LogP contribution in [0.1, 0.15) is 54.4 Å². The van der Waals surface area contributed by atoms with Crippen LogP contribution < -0.4 is 0 Å². The van der Waals surface area contributed by atoms with Gasteiger partial charge in [0.2, 0.25) is 13.6 Å². The molecule has 0 amide bonds. The van der Waals surface area contributed by atoms with Gasteiger partial charge in [0, 0.05) is 12.8 Å². The predicted molar refractivity (Wildman–Crippen MR) is 82.3 cm³/mol. The second-order valence-corrected chi connectivity index (χ2v) is 7.12. The molecule has 0 spiro atoms. The van der Waals surface area contributed by atoms with Gasteiger partial charge in [0.25, 0.3) is 0 Å². The largest absolute Gasteiger partial charge is 0.481 e. The third kappa shape index (κ3) is 9.05. The van der Waals surface area contributed by atoms with E-state index in [1.807, 2.05) is 13.8 Å². The lowest BCUT2D eigenvalue weighted by molar-refractivity contribution is -0.154. The van der Waals surface area contributed by atoms with Crippen molar-refractivity contribution < 1.29 is 37.2 Å². The van der Waals surface area contributed by atoms with Crippen LogP contribution in [0.25, 0.3) is 0 Å². The molecule has 0 saturated carbocycles. The Bertz CT molecular complexity index is 406. The molecular formula is C14H27O8P. The molecule has 0 aliphatic carbocycles. The Kier molecular flexibility index (Phi) is 9.61. The summed E-state index contributed by atoms with van der Waals surface area (Å²) in [5.41, 5.74) is -0.834. The first-order chi connectivity index (χ1) is 10.6. The van der Waals surface area contributed by atoms with Crippen molar-refractivity contribution in [3.63, 3.8) is 0 Å². The van der Waals surface area contributed by atoms with Crippen molar-refractivity contribution in [3.8, 4) is 0 Å². The second-order valence-electron chi connectivity index (χ2n) is 5.53. The normalized spacial score (nSPS) is 12.3. The molecule has 8 nitrogen and oxygen atoms in total. The first-order valence-electron chi connectivity index (χ1n) is 7.47. The van der Waals surface area contributed by atoms with Crippen molar-refractivity contribution in [2.75, 3.05) is 13.6 Å². The molecule has 9 heteroatoms. The van der Waals surface area contributed by atoms with E-state index in [4.69, 9.17) is 23.0 Å². The van der Waals surface area contributed by atoms with E-state index in [1.165, 1.54) is 0 Å². The van der Waals surface area contributed by atoms with Crippen molar-refractivity contribution in [1.82, 2.24) is 0 Å². The van der Waals surface area contributed by atoms with Crippen molar-refractivity contribution in [1.29, 1.82) is 0 Å². The van der Waals surface area contributed by atoms with Gasteiger partial charge in [-0.05, 0) is 19.8 Å². The molecule has 0 saturated heterocycles. The highest BCUT2D eigenvalue weighted by atomic mass is 31.2. The highest BCUT2D eigenvalue weighted by molar-refractivity contribution is 7.48. The van der Waals surface area contributed by atoms with Gasteiger partial charge in [-0.3, -0.25) is 14.1 Å². The standard InChI is InChI=1S/C14H27O8P/c1-7-12(15)18-9-20-23(17,21-10-19-13(16)8-2)22-14(5,6)11(3)4/h11H,7-10H2,1-6H3. The Morgan fingerprint density at radius 2 is 1.35 bits per heavy atom. The molecular weight excluding hydrogens is 327 g/mol. The molecule has 0 bridgehead atoms. The van der Waals surface area contributed by atoms with Gasteiger partial charge in [-0.25, -0.2) is 13.6 Å². The SMILES string of the molecule is CCC(=O)OCOP(=O)(OCOC(=O)CC)OC(C)(C)C(C)C. The molecule has 0 aliphatic heterocycles. The average molecular weight is 354 g/mol. The summed E-state index contributed by atoms with van der Waals surface area (Å²) in [4.78, 5) is 22.2. The van der Waals surface area contributed by atoms with E-state index in [0.29, 0.717) is 0 Å². The number of ether oxygens (including phenoxy) is 2. The van der Waals surface area contributed by atoms with Crippen LogP contribution in [0.15, 0.2) is 0 Å². The quantitative estimate of drug-likeness (QED) is 0.316. The smallest absolute Gasteiger partial charge is 0.438 e. The van der Waals surface area contributed by atoms with Crippen LogP contribution in [0.2, 0.25) is 0 Å². The minimum Gasteiger partial charge on any atom is -0.438 e. The summed E-state index contributed by atoms with van der Waals surface area (Å²) in [6.45, 7) is 9.24. The second kappa shape index (κ2) is 10.0. The fraction of sp³-hybridized carbons (Fsp3) is 0.857. The molecule has 0 N–H and O–H groups in total. The van der Waals surface area contributed by atoms with Gasteiger partial charge in [0.15, 0.2) is 0 Å². The van der Waals surface area contributed by atoms with Crippen molar-refractivity contribution >= 4 is 19.8 Å². The summed E-state index contributed by atoms with van der Waals surface area (Å²) in [5, 5.41) is 0. The van der Waals surface area contributed by atoms with Crippen molar-refractivity contribution in [2.24, 2.45) is 5.92 Å². The zero-order valence-corrected chi connectivity index (χ0v) is 15.5. The summed E-state index contributed by atoms with van der Waals surface area (Å²) < 4.78 is 37.4. The number of esters is 2. The molecule has 0 aromatic heterocycles. The summed E-state index contributed by atoms with van der Waals surface area (Å²) in [7, 11) is -4.08. The molecule has 0 heterocycles. The van der Waals surface area contributed by atoms with Crippen LogP contribution in [0.5, 0.6) is 0 Å². The summed E-state index contributed by atoms with van der Waals surface area (Å²) in [6, 6.07) is 0. The number of carbonyl (C=O) groups excluding carboxylic acids is 2. The minimum absolute atomic E-state index is 0.000547. The fourth-order valence-electron chi connectivity index (χ4n) is 1.00. The number of rotatable bonds is 11. The number of carbonyl (C=O) groups is 2. The monoisotopic (exact) mass is 354 g/mol. The average Bonchev–Trinajstić information content (AvgIpc) is 2.45. The topological polar surface area (TPSA) is 97.4 Å². The molecule has 0 rings (SSSR count). The van der Waals surface area contributed by atoms with E-state index < -0.39 is 38.9 Å². The van der Waals surface area contributed by atoms with Crippen LogP contribution in [-0.4, -0.2) is 31.1 Å². The third-order valence-corrected chi connectivity index (χ3v) is 4.71. The van der Waals surface area contributed by atoms with Crippen molar-refractivity contribution in [2.45, 2.75) is 60.0 Å². The number of phosphoric acid groups is 1. The molecule has 136 valence electrons. The summed E-state index contributed by atoms with van der Waals surface area (Å²) in [6.07, 6.45) is 0.307. The first-order valence-corrected chi connectivity index (χ1v) is 8.93. The zero-order valence-electron chi connectivity index (χ0n) is 14.6. The summed E-state index contributed by atoms with van der Waals surface area (Å²) >= 11 is 0. The first kappa shape index (κ1) is 22.1. The van der Waals surface area contributed by atoms with Crippen molar-refractivity contribution in [3.05, 3.63) is 0 Å². The van der Waals surface area contributed by atoms with Crippen LogP contribution in [-0.2, 0) is 37.2 Å². The molecule has 23 heavy (non-hydrogen) atoms. The maximum Gasteiger partial charge on any atom is 0.481 e. The van der Waals surface area contributed by atoms with Crippen LogP contribution in [0.4, 0.5) is 0 Å². The fourth-order valence-corrected chi connectivity index (χ4v) is 2.33. The van der Waals surface area contributed by atoms with E-state index >= 15 is 0 Å². The van der Waals surface area contributed by atoms with Gasteiger partial charge in [-0.1, -0.05) is 27.7 Å². The van der Waals surface area contributed by atoms with Crippen LogP contribution in [0, 0.1) is 5.92 Å². The lowest BCUT2D eigenvalue weighted by Crippen LogP contribution is -2.31. The molecule has 0 unspecified atom stereocenters. The number of phosphoric ester groups is 1. The highest BCUT2D eigenvalue weighted by Crippen LogP contribution is 2.53. The van der Waals surface area contributed by atoms with E-state index in [0.717, 1.165) is 0 Å². The Labute approximate surface area is 137 Å². The van der Waals surface area contributed by atoms with Gasteiger partial charge in [-0.2, -0.15) is 0 Å². The maximum atomic E-state index is 12.6. The van der Waals surface area contributed by atoms with Gasteiger partial charge in [0.05, 0.1) is 5.60 Å². The zero-order chi connectivity index (χ0) is 18.1. The molecule has 0 fully saturated rings. The molecule has 0 atom stereocenters. The van der Waals surface area contributed by atoms with Gasteiger partial charge < -0.3 is 9.47 Å². The lowest BCUT2D eigenvalue weighted by atomic mass is 9.95. The Hall–Kier alpha value is -0.950. The van der Waals surface area contributed by atoms with Crippen LogP contribution in [0.3, 0.4) is 0 Å². The summed E-state index contributed by atoms with van der Waals surface area (Å²) in [5.74, 6) is -1.03. The predicted octanol–water partition coefficient (Wildman–Crippen LogP) is 3.40.